The SMILES string of the molecule is C=Cc1nc(C)sc1N=NC(C)C. The highest BCUT2D eigenvalue weighted by Crippen LogP contribution is 2.28. The predicted molar refractivity (Wildman–Crippen MR) is 56.6 cm³/mol. The first-order chi connectivity index (χ1) is 6.13. The zero-order valence-electron chi connectivity index (χ0n) is 8.11. The van der Waals surface area contributed by atoms with Gasteiger partial charge in [-0.05, 0) is 26.8 Å². The molecule has 1 heterocycles. The maximum atomic E-state index is 4.25. The van der Waals surface area contributed by atoms with E-state index in [1.165, 1.54) is 11.3 Å². The molecule has 0 aromatic carbocycles. The monoisotopic (exact) mass is 195 g/mol. The molecule has 0 saturated heterocycles. The third kappa shape index (κ3) is 2.73. The van der Waals surface area contributed by atoms with Gasteiger partial charge in [-0.2, -0.15) is 5.11 Å². The highest BCUT2D eigenvalue weighted by Gasteiger charge is 2.04. The number of rotatable bonds is 3. The molecule has 0 atom stereocenters. The average molecular weight is 195 g/mol. The molecule has 0 radical (unpaired) electrons. The van der Waals surface area contributed by atoms with Gasteiger partial charge in [0.1, 0.15) is 5.69 Å². The first kappa shape index (κ1) is 10.1. The summed E-state index contributed by atoms with van der Waals surface area (Å²) in [6, 6.07) is 0.222. The van der Waals surface area contributed by atoms with E-state index in [2.05, 4.69) is 21.8 Å². The molecule has 3 nitrogen and oxygen atoms in total. The number of aryl methyl sites for hydroxylation is 1. The van der Waals surface area contributed by atoms with Crippen molar-refractivity contribution in [2.24, 2.45) is 10.2 Å². The molecule has 0 spiro atoms. The number of nitrogens with zero attached hydrogens (tertiary/aromatic N) is 3. The number of aromatic nitrogens is 1. The van der Waals surface area contributed by atoms with Crippen LogP contribution in [0.3, 0.4) is 0 Å². The van der Waals surface area contributed by atoms with E-state index in [9.17, 15) is 0 Å². The molecule has 4 heteroatoms. The summed E-state index contributed by atoms with van der Waals surface area (Å²) >= 11 is 1.54. The second-order valence-corrected chi connectivity index (χ2v) is 4.12. The quantitative estimate of drug-likeness (QED) is 0.679. The Bertz CT molecular complexity index is 326. The van der Waals surface area contributed by atoms with E-state index in [1.54, 1.807) is 6.08 Å². The molecule has 13 heavy (non-hydrogen) atoms. The fourth-order valence-electron chi connectivity index (χ4n) is 0.805. The lowest BCUT2D eigenvalue weighted by Crippen LogP contribution is -1.83. The molecule has 1 aromatic heterocycles. The average Bonchev–Trinajstić information content (AvgIpc) is 2.42. The lowest BCUT2D eigenvalue weighted by molar-refractivity contribution is 0.780. The Balaban J connectivity index is 2.93. The Morgan fingerprint density at radius 1 is 1.54 bits per heavy atom. The molecule has 0 aliphatic rings. The molecule has 70 valence electrons. The number of azo groups is 1. The highest BCUT2D eigenvalue weighted by molar-refractivity contribution is 7.15. The number of hydrogen-bond acceptors (Lipinski definition) is 4. The number of hydrogen-bond donors (Lipinski definition) is 0. The second kappa shape index (κ2) is 4.28. The lowest BCUT2D eigenvalue weighted by atomic mass is 10.4. The summed E-state index contributed by atoms with van der Waals surface area (Å²) in [5.74, 6) is 0. The van der Waals surface area contributed by atoms with Gasteiger partial charge >= 0.3 is 0 Å². The molecular formula is C9H13N3S. The Morgan fingerprint density at radius 3 is 2.77 bits per heavy atom. The van der Waals surface area contributed by atoms with Crippen LogP contribution in [0.4, 0.5) is 5.00 Å². The minimum absolute atomic E-state index is 0.222. The van der Waals surface area contributed by atoms with Crippen molar-refractivity contribution in [1.82, 2.24) is 4.98 Å². The Kier molecular flexibility index (Phi) is 3.31. The van der Waals surface area contributed by atoms with E-state index in [-0.39, 0.29) is 6.04 Å². The lowest BCUT2D eigenvalue weighted by Gasteiger charge is -1.91. The van der Waals surface area contributed by atoms with Crippen LogP contribution in [0.2, 0.25) is 0 Å². The summed E-state index contributed by atoms with van der Waals surface area (Å²) in [5.41, 5.74) is 0.826. The van der Waals surface area contributed by atoms with Crippen LogP contribution < -0.4 is 0 Å². The van der Waals surface area contributed by atoms with E-state index in [0.717, 1.165) is 15.7 Å². The first-order valence-electron chi connectivity index (χ1n) is 4.14. The van der Waals surface area contributed by atoms with E-state index in [1.807, 2.05) is 20.8 Å². The molecular weight excluding hydrogens is 182 g/mol. The maximum absolute atomic E-state index is 4.25. The van der Waals surface area contributed by atoms with Gasteiger partial charge in [0.2, 0.25) is 0 Å². The fourth-order valence-corrected chi connectivity index (χ4v) is 1.55. The zero-order valence-corrected chi connectivity index (χ0v) is 8.93. The van der Waals surface area contributed by atoms with Crippen molar-refractivity contribution in [1.29, 1.82) is 0 Å². The van der Waals surface area contributed by atoms with E-state index >= 15 is 0 Å². The molecule has 1 rings (SSSR count). The van der Waals surface area contributed by atoms with Crippen LogP contribution in [0, 0.1) is 6.92 Å². The van der Waals surface area contributed by atoms with Crippen molar-refractivity contribution in [3.63, 3.8) is 0 Å². The summed E-state index contributed by atoms with van der Waals surface area (Å²) in [4.78, 5) is 4.25. The number of thiazole rings is 1. The van der Waals surface area contributed by atoms with Gasteiger partial charge in [-0.25, -0.2) is 4.98 Å². The minimum Gasteiger partial charge on any atom is -0.240 e. The molecule has 0 saturated carbocycles. The van der Waals surface area contributed by atoms with Crippen molar-refractivity contribution >= 4 is 22.4 Å². The van der Waals surface area contributed by atoms with E-state index in [4.69, 9.17) is 0 Å². The molecule has 0 bridgehead atoms. The van der Waals surface area contributed by atoms with Crippen LogP contribution in [-0.2, 0) is 0 Å². The van der Waals surface area contributed by atoms with Gasteiger partial charge in [0.15, 0.2) is 5.00 Å². The van der Waals surface area contributed by atoms with Crippen LogP contribution in [-0.4, -0.2) is 11.0 Å². The van der Waals surface area contributed by atoms with Crippen LogP contribution >= 0.6 is 11.3 Å². The van der Waals surface area contributed by atoms with Gasteiger partial charge in [-0.1, -0.05) is 17.9 Å². The molecule has 1 aromatic rings. The van der Waals surface area contributed by atoms with Crippen molar-refractivity contribution in [2.75, 3.05) is 0 Å². The molecule has 0 aliphatic carbocycles. The van der Waals surface area contributed by atoms with Gasteiger partial charge in [0.25, 0.3) is 0 Å². The largest absolute Gasteiger partial charge is 0.240 e. The minimum atomic E-state index is 0.222. The van der Waals surface area contributed by atoms with Gasteiger partial charge in [-0.3, -0.25) is 0 Å². The summed E-state index contributed by atoms with van der Waals surface area (Å²) in [6.07, 6.45) is 1.71. The van der Waals surface area contributed by atoms with Crippen molar-refractivity contribution in [3.05, 3.63) is 17.3 Å². The van der Waals surface area contributed by atoms with Gasteiger partial charge in [0.05, 0.1) is 11.0 Å². The van der Waals surface area contributed by atoms with Crippen LogP contribution in [0.15, 0.2) is 16.8 Å². The molecule has 0 N–H and O–H groups in total. The van der Waals surface area contributed by atoms with Gasteiger partial charge < -0.3 is 0 Å². The van der Waals surface area contributed by atoms with Crippen molar-refractivity contribution < 1.29 is 0 Å². The van der Waals surface area contributed by atoms with Crippen LogP contribution in [0.25, 0.3) is 6.08 Å². The van der Waals surface area contributed by atoms with Crippen LogP contribution in [0.5, 0.6) is 0 Å². The topological polar surface area (TPSA) is 37.6 Å². The summed E-state index contributed by atoms with van der Waals surface area (Å²) in [5, 5.41) is 10.0. The van der Waals surface area contributed by atoms with Crippen molar-refractivity contribution in [2.45, 2.75) is 26.8 Å². The fraction of sp³-hybridized carbons (Fsp3) is 0.444. The van der Waals surface area contributed by atoms with E-state index < -0.39 is 0 Å². The first-order valence-corrected chi connectivity index (χ1v) is 4.96. The van der Waals surface area contributed by atoms with Gasteiger partial charge in [0, 0.05) is 0 Å². The third-order valence-electron chi connectivity index (χ3n) is 1.31. The van der Waals surface area contributed by atoms with Crippen LogP contribution in [0.1, 0.15) is 24.5 Å². The second-order valence-electron chi connectivity index (χ2n) is 2.94. The predicted octanol–water partition coefficient (Wildman–Crippen LogP) is 3.59. The molecule has 0 amide bonds. The standard InChI is InChI=1S/C9H13N3S/c1-5-8-9(12-11-6(2)3)13-7(4)10-8/h5-6H,1H2,2-4H3. The normalized spacial score (nSPS) is 11.4. The Morgan fingerprint density at radius 2 is 2.23 bits per heavy atom. The molecule has 0 unspecified atom stereocenters. The van der Waals surface area contributed by atoms with Gasteiger partial charge in [-0.15, -0.1) is 5.11 Å². The maximum Gasteiger partial charge on any atom is 0.165 e. The third-order valence-corrected chi connectivity index (χ3v) is 2.19. The Labute approximate surface area is 82.2 Å². The van der Waals surface area contributed by atoms with Crippen molar-refractivity contribution in [3.8, 4) is 0 Å². The summed E-state index contributed by atoms with van der Waals surface area (Å²) in [7, 11) is 0. The molecule has 0 fully saturated rings. The summed E-state index contributed by atoms with van der Waals surface area (Å²) in [6.45, 7) is 9.61. The zero-order chi connectivity index (χ0) is 9.84. The van der Waals surface area contributed by atoms with E-state index in [0.29, 0.717) is 0 Å². The Hall–Kier alpha value is -1.03. The summed E-state index contributed by atoms with van der Waals surface area (Å²) < 4.78 is 0. The highest BCUT2D eigenvalue weighted by atomic mass is 32.1. The smallest absolute Gasteiger partial charge is 0.165 e. The molecule has 0 aliphatic heterocycles.